The smallest absolute Gasteiger partial charge is 0.268 e. The number of nitrogens with one attached hydrogen (secondary N) is 2. The first-order valence-electron chi connectivity index (χ1n) is 5.27. The molecule has 0 atom stereocenters. The van der Waals surface area contributed by atoms with E-state index >= 15 is 0 Å². The van der Waals surface area contributed by atoms with Crippen molar-refractivity contribution in [1.82, 2.24) is 20.1 Å². The van der Waals surface area contributed by atoms with Gasteiger partial charge in [-0.3, -0.25) is 9.48 Å². The number of hydrogen-bond donors (Lipinski definition) is 3. The number of nitrogen functional groups attached to an aromatic ring is 1. The van der Waals surface area contributed by atoms with Gasteiger partial charge < -0.3 is 16.0 Å². The number of carbonyl (C=O) groups is 1. The van der Waals surface area contributed by atoms with Crippen LogP contribution in [0.5, 0.6) is 0 Å². The average molecular weight is 233 g/mol. The summed E-state index contributed by atoms with van der Waals surface area (Å²) in [5.41, 5.74) is 8.58. The van der Waals surface area contributed by atoms with Gasteiger partial charge in [-0.05, 0) is 13.0 Å². The summed E-state index contributed by atoms with van der Waals surface area (Å²) in [5.74, 6) is -0.176. The highest BCUT2D eigenvalue weighted by molar-refractivity contribution is 5.93. The quantitative estimate of drug-likeness (QED) is 0.724. The van der Waals surface area contributed by atoms with Gasteiger partial charge in [-0.1, -0.05) is 0 Å². The van der Waals surface area contributed by atoms with Crippen molar-refractivity contribution in [2.45, 2.75) is 13.5 Å². The zero-order valence-corrected chi connectivity index (χ0v) is 9.82. The second-order valence-electron chi connectivity index (χ2n) is 3.91. The fraction of sp³-hybridized carbons (Fsp3) is 0.273. The van der Waals surface area contributed by atoms with Crippen molar-refractivity contribution in [2.24, 2.45) is 7.05 Å². The predicted octanol–water partition coefficient (Wildman–Crippen LogP) is 0.569. The van der Waals surface area contributed by atoms with Crippen molar-refractivity contribution < 1.29 is 4.79 Å². The molecule has 0 saturated heterocycles. The number of aryl methyl sites for hydroxylation is 1. The van der Waals surface area contributed by atoms with E-state index in [0.717, 1.165) is 11.3 Å². The van der Waals surface area contributed by atoms with E-state index in [1.165, 1.54) is 0 Å². The molecular weight excluding hydrogens is 218 g/mol. The monoisotopic (exact) mass is 233 g/mol. The molecule has 0 radical (unpaired) electrons. The predicted molar refractivity (Wildman–Crippen MR) is 64.3 cm³/mol. The molecule has 0 unspecified atom stereocenters. The Kier molecular flexibility index (Phi) is 2.86. The van der Waals surface area contributed by atoms with E-state index in [4.69, 9.17) is 5.73 Å². The van der Waals surface area contributed by atoms with Crippen LogP contribution in [0.2, 0.25) is 0 Å². The number of anilines is 1. The van der Waals surface area contributed by atoms with E-state index < -0.39 is 0 Å². The van der Waals surface area contributed by atoms with Gasteiger partial charge >= 0.3 is 0 Å². The molecule has 1 amide bonds. The summed E-state index contributed by atoms with van der Waals surface area (Å²) in [6.07, 6.45) is 3.34. The lowest BCUT2D eigenvalue weighted by Gasteiger charge is -2.03. The molecule has 6 heteroatoms. The van der Waals surface area contributed by atoms with Crippen LogP contribution in [0.1, 0.15) is 21.7 Å². The van der Waals surface area contributed by atoms with Crippen molar-refractivity contribution >= 4 is 11.6 Å². The molecule has 0 fully saturated rings. The largest absolute Gasteiger partial charge is 0.397 e. The number of rotatable bonds is 3. The number of carbonyl (C=O) groups excluding carboxylic acids is 1. The number of hydrogen-bond acceptors (Lipinski definition) is 3. The first kappa shape index (κ1) is 11.3. The van der Waals surface area contributed by atoms with Gasteiger partial charge in [-0.25, -0.2) is 0 Å². The SMILES string of the molecule is Cc1c(CNC(=O)c2cc(N)c[nH]2)cnn1C. The Bertz CT molecular complexity index is 540. The van der Waals surface area contributed by atoms with Crippen LogP contribution in [0.25, 0.3) is 0 Å². The van der Waals surface area contributed by atoms with Gasteiger partial charge in [-0.15, -0.1) is 0 Å². The lowest BCUT2D eigenvalue weighted by atomic mass is 10.2. The Morgan fingerprint density at radius 2 is 2.41 bits per heavy atom. The van der Waals surface area contributed by atoms with Crippen molar-refractivity contribution in [1.29, 1.82) is 0 Å². The summed E-state index contributed by atoms with van der Waals surface area (Å²) < 4.78 is 1.77. The second kappa shape index (κ2) is 4.32. The van der Waals surface area contributed by atoms with Gasteiger partial charge in [0, 0.05) is 36.7 Å². The molecule has 6 nitrogen and oxygen atoms in total. The van der Waals surface area contributed by atoms with Crippen LogP contribution in [-0.2, 0) is 13.6 Å². The van der Waals surface area contributed by atoms with Gasteiger partial charge in [0.25, 0.3) is 5.91 Å². The minimum absolute atomic E-state index is 0.176. The van der Waals surface area contributed by atoms with Gasteiger partial charge in [-0.2, -0.15) is 5.10 Å². The average Bonchev–Trinajstić information content (AvgIpc) is 2.86. The summed E-state index contributed by atoms with van der Waals surface area (Å²) in [6.45, 7) is 2.42. The Hall–Kier alpha value is -2.24. The highest BCUT2D eigenvalue weighted by Crippen LogP contribution is 2.07. The van der Waals surface area contributed by atoms with Gasteiger partial charge in [0.05, 0.1) is 6.20 Å². The normalized spacial score (nSPS) is 10.5. The van der Waals surface area contributed by atoms with Crippen molar-refractivity contribution in [2.75, 3.05) is 5.73 Å². The molecule has 2 heterocycles. The van der Waals surface area contributed by atoms with Crippen LogP contribution in [0.15, 0.2) is 18.5 Å². The number of H-pyrrole nitrogens is 1. The van der Waals surface area contributed by atoms with Gasteiger partial charge in [0.15, 0.2) is 0 Å². The fourth-order valence-corrected chi connectivity index (χ4v) is 1.53. The van der Waals surface area contributed by atoms with Gasteiger partial charge in [0.2, 0.25) is 0 Å². The van der Waals surface area contributed by atoms with E-state index in [1.54, 1.807) is 23.1 Å². The molecule has 4 N–H and O–H groups in total. The molecule has 2 aromatic heterocycles. The summed E-state index contributed by atoms with van der Waals surface area (Å²) in [5, 5.41) is 6.91. The molecule has 0 saturated carbocycles. The Morgan fingerprint density at radius 1 is 1.65 bits per heavy atom. The summed E-state index contributed by atoms with van der Waals surface area (Å²) in [6, 6.07) is 1.60. The maximum atomic E-state index is 11.7. The van der Waals surface area contributed by atoms with Crippen LogP contribution < -0.4 is 11.1 Å². The molecule has 0 bridgehead atoms. The molecule has 2 aromatic rings. The van der Waals surface area contributed by atoms with Crippen LogP contribution >= 0.6 is 0 Å². The molecule has 90 valence electrons. The second-order valence-corrected chi connectivity index (χ2v) is 3.91. The van der Waals surface area contributed by atoms with Crippen molar-refractivity contribution in [3.8, 4) is 0 Å². The number of aromatic nitrogens is 3. The maximum absolute atomic E-state index is 11.7. The van der Waals surface area contributed by atoms with E-state index in [9.17, 15) is 4.79 Å². The lowest BCUT2D eigenvalue weighted by Crippen LogP contribution is -2.23. The molecular formula is C11H15N5O. The third kappa shape index (κ3) is 2.30. The fourth-order valence-electron chi connectivity index (χ4n) is 1.53. The molecule has 0 aliphatic carbocycles. The number of nitrogens with two attached hydrogens (primary N) is 1. The van der Waals surface area contributed by atoms with Gasteiger partial charge in [0.1, 0.15) is 5.69 Å². The summed E-state index contributed by atoms with van der Waals surface area (Å²) in [4.78, 5) is 14.5. The Morgan fingerprint density at radius 3 is 2.94 bits per heavy atom. The zero-order valence-electron chi connectivity index (χ0n) is 9.82. The standard InChI is InChI=1S/C11H15N5O/c1-7-8(5-15-16(7)2)4-14-11(17)10-3-9(12)6-13-10/h3,5-6,13H,4,12H2,1-2H3,(H,14,17). The molecule has 0 aliphatic heterocycles. The van der Waals surface area contributed by atoms with E-state index in [1.807, 2.05) is 14.0 Å². The lowest BCUT2D eigenvalue weighted by molar-refractivity contribution is 0.0946. The van der Waals surface area contributed by atoms with Crippen molar-refractivity contribution in [3.05, 3.63) is 35.4 Å². The molecule has 2 rings (SSSR count). The van der Waals surface area contributed by atoms with Crippen LogP contribution in [0.3, 0.4) is 0 Å². The minimum atomic E-state index is -0.176. The number of aromatic amines is 1. The molecule has 0 aromatic carbocycles. The Balaban J connectivity index is 1.99. The van der Waals surface area contributed by atoms with Crippen molar-refractivity contribution in [3.63, 3.8) is 0 Å². The summed E-state index contributed by atoms with van der Waals surface area (Å²) >= 11 is 0. The van der Waals surface area contributed by atoms with Crippen LogP contribution in [0.4, 0.5) is 5.69 Å². The Labute approximate surface area is 98.8 Å². The first-order chi connectivity index (χ1) is 8.08. The maximum Gasteiger partial charge on any atom is 0.268 e. The molecule has 0 spiro atoms. The number of nitrogens with zero attached hydrogens (tertiary/aromatic N) is 2. The third-order valence-corrected chi connectivity index (χ3v) is 2.73. The van der Waals surface area contributed by atoms with E-state index in [0.29, 0.717) is 17.9 Å². The third-order valence-electron chi connectivity index (χ3n) is 2.73. The molecule has 17 heavy (non-hydrogen) atoms. The highest BCUT2D eigenvalue weighted by atomic mass is 16.1. The topological polar surface area (TPSA) is 88.7 Å². The first-order valence-corrected chi connectivity index (χ1v) is 5.27. The van der Waals surface area contributed by atoms with E-state index in [2.05, 4.69) is 15.4 Å². The highest BCUT2D eigenvalue weighted by Gasteiger charge is 2.09. The van der Waals surface area contributed by atoms with E-state index in [-0.39, 0.29) is 5.91 Å². The van der Waals surface area contributed by atoms with Crippen LogP contribution in [-0.4, -0.2) is 20.7 Å². The minimum Gasteiger partial charge on any atom is -0.397 e. The zero-order chi connectivity index (χ0) is 12.4. The molecule has 0 aliphatic rings. The van der Waals surface area contributed by atoms with Crippen LogP contribution in [0, 0.1) is 6.92 Å². The number of amides is 1. The summed E-state index contributed by atoms with van der Waals surface area (Å²) in [7, 11) is 1.87.